The number of thiophene rings is 1. The summed E-state index contributed by atoms with van der Waals surface area (Å²) in [5.41, 5.74) is 1.94. The number of rotatable bonds is 2. The molecule has 0 bridgehead atoms. The summed E-state index contributed by atoms with van der Waals surface area (Å²) in [4.78, 5) is 24.0. The van der Waals surface area contributed by atoms with E-state index in [0.29, 0.717) is 29.6 Å². The number of piperidine rings is 1. The topological polar surface area (TPSA) is 67.5 Å². The van der Waals surface area contributed by atoms with Crippen LogP contribution in [0.1, 0.15) is 40.8 Å². The van der Waals surface area contributed by atoms with E-state index in [-0.39, 0.29) is 11.9 Å². The summed E-state index contributed by atoms with van der Waals surface area (Å²) in [5, 5.41) is 1.86. The fourth-order valence-corrected chi connectivity index (χ4v) is 4.61. The number of nitrogens with one attached hydrogen (secondary N) is 1. The first kappa shape index (κ1) is 15.7. The van der Waals surface area contributed by atoms with Crippen molar-refractivity contribution < 1.29 is 14.3 Å². The van der Waals surface area contributed by atoms with Crippen LogP contribution in [0.5, 0.6) is 11.5 Å². The Morgan fingerprint density at radius 2 is 2.12 bits per heavy atom. The molecule has 1 N–H and O–H groups in total. The zero-order chi connectivity index (χ0) is 17.5. The highest BCUT2D eigenvalue weighted by Crippen LogP contribution is 2.42. The second-order valence-corrected chi connectivity index (χ2v) is 7.48. The number of imidazole rings is 1. The number of para-hydroxylation sites is 2. The third-order valence-corrected chi connectivity index (χ3v) is 5.91. The van der Waals surface area contributed by atoms with Gasteiger partial charge in [-0.25, -0.2) is 4.98 Å². The van der Waals surface area contributed by atoms with Gasteiger partial charge >= 0.3 is 0 Å². The van der Waals surface area contributed by atoms with E-state index in [0.717, 1.165) is 42.7 Å². The number of nitrogens with zero attached hydrogens (tertiary/aromatic N) is 2. The van der Waals surface area contributed by atoms with E-state index in [1.54, 1.807) is 0 Å². The summed E-state index contributed by atoms with van der Waals surface area (Å²) in [5.74, 6) is 2.15. The molecule has 1 fully saturated rings. The van der Waals surface area contributed by atoms with E-state index >= 15 is 0 Å². The van der Waals surface area contributed by atoms with E-state index < -0.39 is 0 Å². The lowest BCUT2D eigenvalue weighted by Crippen LogP contribution is -2.39. The molecule has 1 amide bonds. The van der Waals surface area contributed by atoms with Crippen LogP contribution in [-0.2, 0) is 0 Å². The summed E-state index contributed by atoms with van der Waals surface area (Å²) in [7, 11) is 0. The van der Waals surface area contributed by atoms with Crippen LogP contribution in [0.25, 0.3) is 11.0 Å². The predicted octanol–water partition coefficient (Wildman–Crippen LogP) is 3.76. The van der Waals surface area contributed by atoms with Crippen molar-refractivity contribution in [2.24, 2.45) is 0 Å². The van der Waals surface area contributed by atoms with Crippen molar-refractivity contribution in [1.29, 1.82) is 0 Å². The van der Waals surface area contributed by atoms with Crippen molar-refractivity contribution in [3.63, 3.8) is 0 Å². The molecular weight excluding hydrogens is 350 g/mol. The van der Waals surface area contributed by atoms with Gasteiger partial charge in [-0.3, -0.25) is 4.79 Å². The lowest BCUT2D eigenvalue weighted by Gasteiger charge is -2.34. The van der Waals surface area contributed by atoms with E-state index in [1.807, 2.05) is 34.5 Å². The van der Waals surface area contributed by atoms with Crippen LogP contribution in [-0.4, -0.2) is 40.5 Å². The third-order valence-electron chi connectivity index (χ3n) is 4.98. The number of carbonyl (C=O) groups is 1. The van der Waals surface area contributed by atoms with Gasteiger partial charge in [-0.1, -0.05) is 12.1 Å². The van der Waals surface area contributed by atoms with Gasteiger partial charge in [0.25, 0.3) is 5.91 Å². The van der Waals surface area contributed by atoms with Crippen LogP contribution in [0.15, 0.2) is 29.6 Å². The fourth-order valence-electron chi connectivity index (χ4n) is 3.73. The van der Waals surface area contributed by atoms with Crippen molar-refractivity contribution >= 4 is 28.3 Å². The number of aromatic amines is 1. The van der Waals surface area contributed by atoms with E-state index in [1.165, 1.54) is 11.3 Å². The van der Waals surface area contributed by atoms with Crippen LogP contribution >= 0.6 is 11.3 Å². The maximum Gasteiger partial charge on any atom is 0.268 e. The van der Waals surface area contributed by atoms with Gasteiger partial charge in [0.15, 0.2) is 11.5 Å². The molecule has 7 heteroatoms. The number of fused-ring (bicyclic) bond motifs is 2. The van der Waals surface area contributed by atoms with Crippen molar-refractivity contribution in [3.05, 3.63) is 40.3 Å². The Balaban J connectivity index is 1.49. The van der Waals surface area contributed by atoms with Crippen molar-refractivity contribution in [2.75, 3.05) is 19.8 Å². The molecule has 2 aliphatic heterocycles. The standard InChI is InChI=1S/C19H19N3O3S/c23-19(17-16-15(11-26-17)24-9-10-25-16)22-8-4-3-7-14(22)18-20-12-5-1-2-6-13(12)21-18/h1-2,5-6,11,14H,3-4,7-10H2,(H,20,21)/t14-/m0/s1. The molecule has 0 aliphatic carbocycles. The van der Waals surface area contributed by atoms with Gasteiger partial charge in [0.1, 0.15) is 23.9 Å². The fraction of sp³-hybridized carbons (Fsp3) is 0.368. The van der Waals surface area contributed by atoms with Gasteiger partial charge in [-0.15, -0.1) is 11.3 Å². The lowest BCUT2D eigenvalue weighted by atomic mass is 10.0. The van der Waals surface area contributed by atoms with Crippen LogP contribution in [0, 0.1) is 0 Å². The molecule has 1 aromatic carbocycles. The maximum atomic E-state index is 13.3. The van der Waals surface area contributed by atoms with Crippen LogP contribution in [0.4, 0.5) is 0 Å². The minimum absolute atomic E-state index is 0.00639. The first-order valence-corrected chi connectivity index (χ1v) is 9.82. The molecule has 3 aromatic rings. The zero-order valence-corrected chi connectivity index (χ0v) is 15.1. The van der Waals surface area contributed by atoms with Crippen molar-refractivity contribution in [1.82, 2.24) is 14.9 Å². The molecule has 134 valence electrons. The summed E-state index contributed by atoms with van der Waals surface area (Å²) >= 11 is 1.40. The smallest absolute Gasteiger partial charge is 0.268 e. The number of carbonyl (C=O) groups excluding carboxylic acids is 1. The summed E-state index contributed by atoms with van der Waals surface area (Å²) in [6.45, 7) is 1.74. The summed E-state index contributed by atoms with van der Waals surface area (Å²) in [6.07, 6.45) is 3.01. The molecule has 0 unspecified atom stereocenters. The molecule has 5 rings (SSSR count). The quantitative estimate of drug-likeness (QED) is 0.747. The molecule has 0 saturated carbocycles. The average Bonchev–Trinajstić information content (AvgIpc) is 3.31. The molecular formula is C19H19N3O3S. The predicted molar refractivity (Wildman–Crippen MR) is 99.0 cm³/mol. The number of benzene rings is 1. The lowest BCUT2D eigenvalue weighted by molar-refractivity contribution is 0.0598. The van der Waals surface area contributed by atoms with Crippen molar-refractivity contribution in [3.8, 4) is 11.5 Å². The number of ether oxygens (including phenoxy) is 2. The van der Waals surface area contributed by atoms with Gasteiger partial charge in [-0.05, 0) is 31.4 Å². The molecule has 26 heavy (non-hydrogen) atoms. The highest BCUT2D eigenvalue weighted by molar-refractivity contribution is 7.12. The third kappa shape index (κ3) is 2.54. The van der Waals surface area contributed by atoms with Crippen LogP contribution in [0.3, 0.4) is 0 Å². The van der Waals surface area contributed by atoms with Crippen LogP contribution < -0.4 is 9.47 Å². The monoisotopic (exact) mass is 369 g/mol. The van der Waals surface area contributed by atoms with E-state index in [4.69, 9.17) is 14.5 Å². The zero-order valence-electron chi connectivity index (χ0n) is 14.2. The molecule has 4 heterocycles. The molecule has 2 aromatic heterocycles. The Morgan fingerprint density at radius 1 is 1.23 bits per heavy atom. The number of H-pyrrole nitrogens is 1. The first-order chi connectivity index (χ1) is 12.8. The number of hydrogen-bond donors (Lipinski definition) is 1. The number of amides is 1. The first-order valence-electron chi connectivity index (χ1n) is 8.94. The minimum Gasteiger partial charge on any atom is -0.485 e. The van der Waals surface area contributed by atoms with Gasteiger partial charge in [0.05, 0.1) is 17.1 Å². The molecule has 6 nitrogen and oxygen atoms in total. The van der Waals surface area contributed by atoms with Gasteiger partial charge in [0.2, 0.25) is 0 Å². The Bertz CT molecular complexity index is 931. The van der Waals surface area contributed by atoms with Gasteiger partial charge < -0.3 is 19.4 Å². The maximum absolute atomic E-state index is 13.3. The highest BCUT2D eigenvalue weighted by atomic mass is 32.1. The van der Waals surface area contributed by atoms with Crippen LogP contribution in [0.2, 0.25) is 0 Å². The number of aromatic nitrogens is 2. The van der Waals surface area contributed by atoms with Crippen molar-refractivity contribution in [2.45, 2.75) is 25.3 Å². The Kier molecular flexibility index (Phi) is 3.81. The Labute approximate surface area is 154 Å². The molecule has 0 spiro atoms. The summed E-state index contributed by atoms with van der Waals surface area (Å²) < 4.78 is 11.3. The largest absolute Gasteiger partial charge is 0.485 e. The average molecular weight is 369 g/mol. The van der Waals surface area contributed by atoms with E-state index in [9.17, 15) is 4.79 Å². The second kappa shape index (κ2) is 6.32. The van der Waals surface area contributed by atoms with Gasteiger partial charge in [0, 0.05) is 11.9 Å². The minimum atomic E-state index is -0.0362. The Hall–Kier alpha value is -2.54. The Morgan fingerprint density at radius 3 is 3.04 bits per heavy atom. The number of hydrogen-bond acceptors (Lipinski definition) is 5. The number of likely N-dealkylation sites (tertiary alicyclic amines) is 1. The normalized spacial score (nSPS) is 19.7. The molecule has 0 radical (unpaired) electrons. The summed E-state index contributed by atoms with van der Waals surface area (Å²) in [6, 6.07) is 7.94. The molecule has 1 saturated heterocycles. The second-order valence-electron chi connectivity index (χ2n) is 6.60. The molecule has 2 aliphatic rings. The van der Waals surface area contributed by atoms with E-state index in [2.05, 4.69) is 4.98 Å². The highest BCUT2D eigenvalue weighted by Gasteiger charge is 2.34. The van der Waals surface area contributed by atoms with Gasteiger partial charge in [-0.2, -0.15) is 0 Å². The molecule has 1 atom stereocenters. The SMILES string of the molecule is O=C(c1scc2c1OCCO2)N1CCCC[C@H]1c1nc2ccccc2[nH]1.